The molecule has 174 valence electrons. The number of methoxy groups -OCH3 is 1. The number of nitrogens with one attached hydrogen (secondary N) is 1. The van der Waals surface area contributed by atoms with E-state index in [0.29, 0.717) is 5.56 Å². The molecule has 0 aromatic heterocycles. The van der Waals surface area contributed by atoms with Crippen LogP contribution in [0.2, 0.25) is 0 Å². The van der Waals surface area contributed by atoms with E-state index in [-0.39, 0.29) is 5.31 Å². The first-order valence-electron chi connectivity index (χ1n) is 11.0. The van der Waals surface area contributed by atoms with E-state index in [1.807, 2.05) is 91.0 Å². The lowest BCUT2D eigenvalue weighted by Crippen LogP contribution is -2.41. The Labute approximate surface area is 205 Å². The predicted molar refractivity (Wildman–Crippen MR) is 138 cm³/mol. The Balaban J connectivity index is 2.00. The van der Waals surface area contributed by atoms with Gasteiger partial charge in [0.05, 0.1) is 0 Å². The number of imide groups is 1. The molecule has 4 aromatic carbocycles. The highest BCUT2D eigenvalue weighted by molar-refractivity contribution is 7.99. The van der Waals surface area contributed by atoms with Crippen LogP contribution in [0, 0.1) is 0 Å². The molecule has 0 radical (unpaired) electrons. The topological polar surface area (TPSA) is 78.5 Å². The zero-order valence-electron chi connectivity index (χ0n) is 19.1. The standard InChI is InChI=1S/C29H24NO4P/c1-34-29(33)26(28(32)30-27(31)22-14-6-2-7-15-22)35(23-16-8-3-9-17-23,24-18-10-4-11-19-24)25-20-12-5-13-21-25/h2-21H,1H3,(H-,30,31,32,33). The van der Waals surface area contributed by atoms with Gasteiger partial charge in [0.2, 0.25) is 0 Å². The van der Waals surface area contributed by atoms with Gasteiger partial charge in [0.15, 0.2) is 12.6 Å². The van der Waals surface area contributed by atoms with Crippen LogP contribution in [0.15, 0.2) is 133 Å². The summed E-state index contributed by atoms with van der Waals surface area (Å²) in [6, 6.07) is 36.7. The van der Waals surface area contributed by atoms with Gasteiger partial charge in [0, 0.05) is 5.56 Å². The molecule has 0 bridgehead atoms. The smallest absolute Gasteiger partial charge is 0.296 e. The molecule has 0 aliphatic carbocycles. The second kappa shape index (κ2) is 10.8. The molecule has 6 heteroatoms. The third-order valence-corrected chi connectivity index (χ3v) is 9.90. The number of rotatable bonds is 7. The Bertz CT molecular complexity index is 1230. The second-order valence-electron chi connectivity index (χ2n) is 7.67. The van der Waals surface area contributed by atoms with Crippen LogP contribution in [0.25, 0.3) is 0 Å². The van der Waals surface area contributed by atoms with Crippen molar-refractivity contribution < 1.29 is 19.4 Å². The van der Waals surface area contributed by atoms with Gasteiger partial charge in [0.25, 0.3) is 11.8 Å². The lowest BCUT2D eigenvalue weighted by molar-refractivity contribution is -0.353. The third kappa shape index (κ3) is 4.72. The average Bonchev–Trinajstić information content (AvgIpc) is 2.93. The minimum atomic E-state index is -3.06. The molecule has 0 saturated carbocycles. The van der Waals surface area contributed by atoms with Gasteiger partial charge >= 0.3 is 0 Å². The molecular formula is C29H24NO4P. The quantitative estimate of drug-likeness (QED) is 0.250. The first kappa shape index (κ1) is 23.9. The van der Waals surface area contributed by atoms with E-state index in [1.54, 1.807) is 30.3 Å². The molecule has 0 saturated heterocycles. The van der Waals surface area contributed by atoms with Crippen molar-refractivity contribution in [1.29, 1.82) is 0 Å². The molecule has 0 spiro atoms. The average molecular weight is 481 g/mol. The zero-order valence-corrected chi connectivity index (χ0v) is 20.0. The highest BCUT2D eigenvalue weighted by atomic mass is 31.2. The van der Waals surface area contributed by atoms with Crippen molar-refractivity contribution in [3.05, 3.63) is 138 Å². The van der Waals surface area contributed by atoms with Crippen LogP contribution in [0.3, 0.4) is 0 Å². The first-order valence-corrected chi connectivity index (χ1v) is 12.8. The maximum Gasteiger partial charge on any atom is 0.296 e. The molecule has 4 aromatic rings. The number of hydrogen-bond donors (Lipinski definition) is 1. The maximum absolute atomic E-state index is 13.9. The SMILES string of the molecule is CO/C([O-])=C(\C(=O)NC(=O)c1ccccc1)[P+](c1ccccc1)(c1ccccc1)c1ccccc1. The van der Waals surface area contributed by atoms with E-state index in [4.69, 9.17) is 4.74 Å². The number of benzene rings is 4. The highest BCUT2D eigenvalue weighted by Crippen LogP contribution is 2.63. The predicted octanol–water partition coefficient (Wildman–Crippen LogP) is 3.11. The molecular weight excluding hydrogens is 457 g/mol. The molecule has 0 aliphatic rings. The van der Waals surface area contributed by atoms with Crippen molar-refractivity contribution in [3.8, 4) is 0 Å². The summed E-state index contributed by atoms with van der Waals surface area (Å²) in [7, 11) is -1.82. The summed E-state index contributed by atoms with van der Waals surface area (Å²) in [5.41, 5.74) is 0.313. The number of amides is 2. The summed E-state index contributed by atoms with van der Waals surface area (Å²) < 4.78 is 5.17. The van der Waals surface area contributed by atoms with E-state index in [1.165, 1.54) is 7.11 Å². The molecule has 0 heterocycles. The normalized spacial score (nSPS) is 11.8. The summed E-state index contributed by atoms with van der Waals surface area (Å²) in [5, 5.41) is 18.1. The lowest BCUT2D eigenvalue weighted by atomic mass is 10.2. The second-order valence-corrected chi connectivity index (χ2v) is 11.0. The van der Waals surface area contributed by atoms with Gasteiger partial charge in [-0.1, -0.05) is 72.8 Å². The molecule has 2 amide bonds. The number of ether oxygens (including phenoxy) is 1. The fraction of sp³-hybridized carbons (Fsp3) is 0.0345. The van der Waals surface area contributed by atoms with Crippen molar-refractivity contribution >= 4 is 35.0 Å². The van der Waals surface area contributed by atoms with Gasteiger partial charge in [-0.05, 0) is 55.6 Å². The Morgan fingerprint density at radius 2 is 1.03 bits per heavy atom. The molecule has 0 unspecified atom stereocenters. The number of carbonyl (C=O) groups excluding carboxylic acids is 2. The fourth-order valence-corrected chi connectivity index (χ4v) is 8.34. The van der Waals surface area contributed by atoms with Gasteiger partial charge in [-0.15, -0.1) is 0 Å². The summed E-state index contributed by atoms with van der Waals surface area (Å²) in [4.78, 5) is 26.8. The Kier molecular flexibility index (Phi) is 7.39. The summed E-state index contributed by atoms with van der Waals surface area (Å²) in [6.07, 6.45) is 0. The van der Waals surface area contributed by atoms with Crippen LogP contribution < -0.4 is 26.3 Å². The van der Waals surface area contributed by atoms with E-state index < -0.39 is 25.0 Å². The Morgan fingerprint density at radius 3 is 1.40 bits per heavy atom. The monoisotopic (exact) mass is 481 g/mol. The van der Waals surface area contributed by atoms with Gasteiger partial charge in [0.1, 0.15) is 21.9 Å². The molecule has 1 N–H and O–H groups in total. The van der Waals surface area contributed by atoms with Gasteiger partial charge in [-0.25, -0.2) is 0 Å². The molecule has 0 atom stereocenters. The van der Waals surface area contributed by atoms with Crippen LogP contribution >= 0.6 is 7.26 Å². The van der Waals surface area contributed by atoms with E-state index in [9.17, 15) is 14.7 Å². The van der Waals surface area contributed by atoms with Gasteiger partial charge in [-0.2, -0.15) is 0 Å². The highest BCUT2D eigenvalue weighted by Gasteiger charge is 2.53. The zero-order chi connectivity index (χ0) is 24.7. The summed E-state index contributed by atoms with van der Waals surface area (Å²) in [6.45, 7) is 0. The van der Waals surface area contributed by atoms with Gasteiger partial charge < -0.3 is 9.84 Å². The molecule has 0 fully saturated rings. The first-order chi connectivity index (χ1) is 17.1. The van der Waals surface area contributed by atoms with Crippen LogP contribution in [-0.2, 0) is 9.53 Å². The third-order valence-electron chi connectivity index (χ3n) is 5.62. The number of carbonyl (C=O) groups is 2. The van der Waals surface area contributed by atoms with Crippen LogP contribution in [0.1, 0.15) is 10.4 Å². The van der Waals surface area contributed by atoms with Crippen LogP contribution in [0.4, 0.5) is 0 Å². The van der Waals surface area contributed by atoms with Crippen molar-refractivity contribution in [3.63, 3.8) is 0 Å². The Morgan fingerprint density at radius 1 is 0.657 bits per heavy atom. The molecule has 4 rings (SSSR count). The van der Waals surface area contributed by atoms with Crippen molar-refractivity contribution in [2.45, 2.75) is 0 Å². The summed E-state index contributed by atoms with van der Waals surface area (Å²) in [5.74, 6) is -2.16. The maximum atomic E-state index is 13.9. The summed E-state index contributed by atoms with van der Waals surface area (Å²) >= 11 is 0. The molecule has 35 heavy (non-hydrogen) atoms. The van der Waals surface area contributed by atoms with E-state index in [0.717, 1.165) is 15.9 Å². The van der Waals surface area contributed by atoms with Crippen LogP contribution in [0.5, 0.6) is 0 Å². The van der Waals surface area contributed by atoms with Gasteiger partial charge in [-0.3, -0.25) is 14.9 Å². The molecule has 0 aliphatic heterocycles. The minimum Gasteiger partial charge on any atom is -0.614 e. The van der Waals surface area contributed by atoms with Crippen molar-refractivity contribution in [2.24, 2.45) is 0 Å². The van der Waals surface area contributed by atoms with Crippen LogP contribution in [-0.4, -0.2) is 18.9 Å². The fourth-order valence-electron chi connectivity index (χ4n) is 4.09. The Hall–Kier alpha value is -4.21. The van der Waals surface area contributed by atoms with E-state index >= 15 is 0 Å². The lowest BCUT2D eigenvalue weighted by Gasteiger charge is -2.31. The number of hydrogen-bond acceptors (Lipinski definition) is 4. The van der Waals surface area contributed by atoms with Crippen molar-refractivity contribution in [1.82, 2.24) is 5.32 Å². The molecule has 5 nitrogen and oxygen atoms in total. The minimum absolute atomic E-state index is 0.104. The van der Waals surface area contributed by atoms with Crippen molar-refractivity contribution in [2.75, 3.05) is 7.11 Å². The van der Waals surface area contributed by atoms with E-state index in [2.05, 4.69) is 5.32 Å². The largest absolute Gasteiger partial charge is 0.614 e.